The molecule has 2 N–H and O–H groups in total. The van der Waals surface area contributed by atoms with E-state index in [-0.39, 0.29) is 12.2 Å². The molecule has 1 aromatic heterocycles. The number of nitrogens with one attached hydrogen (secondary N) is 2. The van der Waals surface area contributed by atoms with E-state index in [1.807, 2.05) is 0 Å². The Bertz CT molecular complexity index is 1110. The van der Waals surface area contributed by atoms with Crippen molar-refractivity contribution in [3.8, 4) is 11.5 Å². The molecule has 0 aliphatic heterocycles. The van der Waals surface area contributed by atoms with E-state index in [4.69, 9.17) is 14.2 Å². The van der Waals surface area contributed by atoms with Crippen molar-refractivity contribution in [3.63, 3.8) is 0 Å². The topological polar surface area (TPSA) is 120 Å². The SMILES string of the molecule is COc1ccc(CNC(=O)COC(=O)c2n[nH]c(=O)c3ccccc23)cc1OC. The number of benzene rings is 2. The van der Waals surface area contributed by atoms with Crippen molar-refractivity contribution in [2.24, 2.45) is 0 Å². The van der Waals surface area contributed by atoms with Crippen molar-refractivity contribution in [1.29, 1.82) is 0 Å². The molecular weight excluding hydrogens is 378 g/mol. The number of carbonyl (C=O) groups is 2. The van der Waals surface area contributed by atoms with E-state index in [0.717, 1.165) is 5.56 Å². The van der Waals surface area contributed by atoms with Crippen molar-refractivity contribution in [1.82, 2.24) is 15.5 Å². The maximum absolute atomic E-state index is 12.3. The number of carbonyl (C=O) groups excluding carboxylic acids is 2. The quantitative estimate of drug-likeness (QED) is 0.579. The van der Waals surface area contributed by atoms with Gasteiger partial charge in [0.15, 0.2) is 23.8 Å². The monoisotopic (exact) mass is 397 g/mol. The largest absolute Gasteiger partial charge is 0.493 e. The Hall–Kier alpha value is -3.88. The minimum atomic E-state index is -0.807. The van der Waals surface area contributed by atoms with Gasteiger partial charge in [-0.1, -0.05) is 24.3 Å². The molecule has 9 nitrogen and oxygen atoms in total. The summed E-state index contributed by atoms with van der Waals surface area (Å²) in [7, 11) is 3.06. The lowest BCUT2D eigenvalue weighted by Gasteiger charge is -2.10. The minimum Gasteiger partial charge on any atom is -0.493 e. The standard InChI is InChI=1S/C20H19N3O6/c1-27-15-8-7-12(9-16(15)28-2)10-21-17(24)11-29-20(26)18-13-5-3-4-6-14(13)19(25)23-22-18/h3-9H,10-11H2,1-2H3,(H,21,24)(H,23,25). The van der Waals surface area contributed by atoms with E-state index in [0.29, 0.717) is 22.3 Å². The highest BCUT2D eigenvalue weighted by Gasteiger charge is 2.16. The zero-order valence-electron chi connectivity index (χ0n) is 15.9. The van der Waals surface area contributed by atoms with Crippen LogP contribution in [0.25, 0.3) is 10.8 Å². The maximum atomic E-state index is 12.3. The van der Waals surface area contributed by atoms with Crippen LogP contribution in [0.1, 0.15) is 16.1 Å². The number of methoxy groups -OCH3 is 2. The van der Waals surface area contributed by atoms with E-state index in [1.54, 1.807) is 42.5 Å². The van der Waals surface area contributed by atoms with Crippen molar-refractivity contribution in [2.75, 3.05) is 20.8 Å². The first kappa shape index (κ1) is 19.9. The normalized spacial score (nSPS) is 10.4. The van der Waals surface area contributed by atoms with Gasteiger partial charge in [0.25, 0.3) is 11.5 Å². The Balaban J connectivity index is 1.59. The lowest BCUT2D eigenvalue weighted by Crippen LogP contribution is -2.28. The first-order chi connectivity index (χ1) is 14.0. The molecule has 1 heterocycles. The van der Waals surface area contributed by atoms with Gasteiger partial charge < -0.3 is 19.5 Å². The molecule has 2 aromatic carbocycles. The van der Waals surface area contributed by atoms with Crippen LogP contribution in [0.5, 0.6) is 11.5 Å². The van der Waals surface area contributed by atoms with Gasteiger partial charge in [0, 0.05) is 11.9 Å². The molecule has 0 unspecified atom stereocenters. The van der Waals surface area contributed by atoms with Gasteiger partial charge in [0.1, 0.15) is 0 Å². The Morgan fingerprint density at radius 1 is 1.03 bits per heavy atom. The zero-order chi connectivity index (χ0) is 20.8. The maximum Gasteiger partial charge on any atom is 0.359 e. The van der Waals surface area contributed by atoms with Crippen LogP contribution in [0.3, 0.4) is 0 Å². The molecule has 0 fully saturated rings. The highest BCUT2D eigenvalue weighted by molar-refractivity contribution is 6.02. The van der Waals surface area contributed by atoms with E-state index in [9.17, 15) is 14.4 Å². The molecule has 3 aromatic rings. The summed E-state index contributed by atoms with van der Waals surface area (Å²) in [6.07, 6.45) is 0. The average Bonchev–Trinajstić information content (AvgIpc) is 2.76. The Kier molecular flexibility index (Phi) is 6.08. The predicted molar refractivity (Wildman–Crippen MR) is 104 cm³/mol. The molecule has 150 valence electrons. The number of aromatic nitrogens is 2. The van der Waals surface area contributed by atoms with E-state index in [2.05, 4.69) is 15.5 Å². The Labute approximate surface area is 165 Å². The van der Waals surface area contributed by atoms with Crippen LogP contribution in [0, 0.1) is 0 Å². The van der Waals surface area contributed by atoms with Crippen molar-refractivity contribution < 1.29 is 23.8 Å². The number of hydrogen-bond donors (Lipinski definition) is 2. The van der Waals surface area contributed by atoms with Gasteiger partial charge in [-0.05, 0) is 23.8 Å². The third kappa shape index (κ3) is 4.52. The third-order valence-corrected chi connectivity index (χ3v) is 4.16. The van der Waals surface area contributed by atoms with E-state index in [1.165, 1.54) is 14.2 Å². The molecule has 1 amide bonds. The van der Waals surface area contributed by atoms with Gasteiger partial charge in [-0.2, -0.15) is 5.10 Å². The molecule has 9 heteroatoms. The van der Waals surface area contributed by atoms with Gasteiger partial charge in [-0.25, -0.2) is 9.89 Å². The molecule has 0 saturated carbocycles. The summed E-state index contributed by atoms with van der Waals surface area (Å²) in [5.41, 5.74) is 0.313. The van der Waals surface area contributed by atoms with Gasteiger partial charge in [-0.3, -0.25) is 9.59 Å². The number of hydrogen-bond acceptors (Lipinski definition) is 7. The first-order valence-electron chi connectivity index (χ1n) is 8.65. The molecular formula is C20H19N3O6. The first-order valence-corrected chi connectivity index (χ1v) is 8.65. The molecule has 0 atom stereocenters. The van der Waals surface area contributed by atoms with Crippen LogP contribution in [-0.2, 0) is 16.1 Å². The number of H-pyrrole nitrogens is 1. The Morgan fingerprint density at radius 2 is 1.76 bits per heavy atom. The molecule has 0 aliphatic rings. The number of aromatic amines is 1. The molecule has 29 heavy (non-hydrogen) atoms. The fourth-order valence-electron chi connectivity index (χ4n) is 2.71. The van der Waals surface area contributed by atoms with Crippen LogP contribution in [0.15, 0.2) is 47.3 Å². The number of nitrogens with zero attached hydrogens (tertiary/aromatic N) is 1. The number of rotatable bonds is 7. The number of amides is 1. The third-order valence-electron chi connectivity index (χ3n) is 4.16. The minimum absolute atomic E-state index is 0.0621. The summed E-state index contributed by atoms with van der Waals surface area (Å²) in [6, 6.07) is 11.8. The van der Waals surface area contributed by atoms with Gasteiger partial charge in [0.05, 0.1) is 19.6 Å². The summed E-state index contributed by atoms with van der Waals surface area (Å²) in [5, 5.41) is 9.31. The van der Waals surface area contributed by atoms with Crippen molar-refractivity contribution in [2.45, 2.75) is 6.54 Å². The second-order valence-electron chi connectivity index (χ2n) is 5.99. The average molecular weight is 397 g/mol. The second kappa shape index (κ2) is 8.87. The highest BCUT2D eigenvalue weighted by Crippen LogP contribution is 2.27. The van der Waals surface area contributed by atoms with Gasteiger partial charge >= 0.3 is 5.97 Å². The number of ether oxygens (including phenoxy) is 3. The summed E-state index contributed by atoms with van der Waals surface area (Å²) in [5.74, 6) is -0.167. The zero-order valence-corrected chi connectivity index (χ0v) is 15.9. The fraction of sp³-hybridized carbons (Fsp3) is 0.200. The van der Waals surface area contributed by atoms with Crippen LogP contribution in [0.2, 0.25) is 0 Å². The smallest absolute Gasteiger partial charge is 0.359 e. The molecule has 0 radical (unpaired) electrons. The highest BCUT2D eigenvalue weighted by atomic mass is 16.5. The van der Waals surface area contributed by atoms with Gasteiger partial charge in [-0.15, -0.1) is 0 Å². The molecule has 0 bridgehead atoms. The van der Waals surface area contributed by atoms with E-state index >= 15 is 0 Å². The van der Waals surface area contributed by atoms with Crippen molar-refractivity contribution >= 4 is 22.6 Å². The lowest BCUT2D eigenvalue weighted by atomic mass is 10.1. The Morgan fingerprint density at radius 3 is 2.48 bits per heavy atom. The van der Waals surface area contributed by atoms with Crippen LogP contribution in [0.4, 0.5) is 0 Å². The van der Waals surface area contributed by atoms with Crippen LogP contribution >= 0.6 is 0 Å². The van der Waals surface area contributed by atoms with E-state index < -0.39 is 24.0 Å². The molecule has 0 saturated heterocycles. The summed E-state index contributed by atoms with van der Waals surface area (Å²) >= 11 is 0. The number of fused-ring (bicyclic) bond motifs is 1. The summed E-state index contributed by atoms with van der Waals surface area (Å²) < 4.78 is 15.4. The van der Waals surface area contributed by atoms with Crippen LogP contribution in [-0.4, -0.2) is 42.9 Å². The second-order valence-corrected chi connectivity index (χ2v) is 5.99. The molecule has 0 aliphatic carbocycles. The van der Waals surface area contributed by atoms with Crippen molar-refractivity contribution in [3.05, 3.63) is 64.1 Å². The number of esters is 1. The molecule has 3 rings (SSSR count). The lowest BCUT2D eigenvalue weighted by molar-refractivity contribution is -0.124. The van der Waals surface area contributed by atoms with Gasteiger partial charge in [0.2, 0.25) is 0 Å². The summed E-state index contributed by atoms with van der Waals surface area (Å²) in [6.45, 7) is -0.266. The fourth-order valence-corrected chi connectivity index (χ4v) is 2.71. The summed E-state index contributed by atoms with van der Waals surface area (Å²) in [4.78, 5) is 36.1. The molecule has 0 spiro atoms. The predicted octanol–water partition coefficient (Wildman–Crippen LogP) is 1.41. The van der Waals surface area contributed by atoms with Crippen LogP contribution < -0.4 is 20.3 Å².